The van der Waals surface area contributed by atoms with Crippen molar-refractivity contribution in [3.63, 3.8) is 0 Å². The maximum atomic E-state index is 12.8. The molecule has 3 aromatic rings. The topological polar surface area (TPSA) is 116 Å². The maximum Gasteiger partial charge on any atom is 0.341 e. The highest BCUT2D eigenvalue weighted by Gasteiger charge is 2.27. The fraction of sp³-hybridized carbons (Fsp3) is 0.348. The molecular formula is C23H27N5O5S2. The molecule has 35 heavy (non-hydrogen) atoms. The van der Waals surface area contributed by atoms with Gasteiger partial charge in [-0.1, -0.05) is 23.9 Å². The van der Waals surface area contributed by atoms with E-state index in [1.165, 1.54) is 23.8 Å². The molecule has 0 aliphatic carbocycles. The number of thioether (sulfide) groups is 1. The third-order valence-corrected chi connectivity index (χ3v) is 7.25. The lowest BCUT2D eigenvalue weighted by molar-refractivity contribution is -0.113. The summed E-state index contributed by atoms with van der Waals surface area (Å²) in [5.41, 5.74) is 1.50. The van der Waals surface area contributed by atoms with E-state index >= 15 is 0 Å². The number of benzene rings is 1. The van der Waals surface area contributed by atoms with E-state index in [-0.39, 0.29) is 28.1 Å². The number of carbonyl (C=O) groups is 3. The molecule has 186 valence electrons. The number of anilines is 1. The summed E-state index contributed by atoms with van der Waals surface area (Å²) in [6, 6.07) is 7.51. The van der Waals surface area contributed by atoms with Gasteiger partial charge in [0, 0.05) is 26.2 Å². The molecule has 0 saturated carbocycles. The van der Waals surface area contributed by atoms with Crippen LogP contribution in [0.2, 0.25) is 0 Å². The number of amides is 2. The van der Waals surface area contributed by atoms with Crippen molar-refractivity contribution in [2.45, 2.75) is 25.5 Å². The van der Waals surface area contributed by atoms with Crippen molar-refractivity contribution in [3.8, 4) is 17.1 Å². The number of ether oxygens (including phenoxy) is 2. The number of rotatable bonds is 9. The van der Waals surface area contributed by atoms with E-state index in [9.17, 15) is 14.4 Å². The molecule has 2 heterocycles. The zero-order chi connectivity index (χ0) is 25.7. The fourth-order valence-electron chi connectivity index (χ4n) is 3.31. The van der Waals surface area contributed by atoms with Gasteiger partial charge in [-0.05, 0) is 31.5 Å². The van der Waals surface area contributed by atoms with Crippen molar-refractivity contribution in [1.29, 1.82) is 0 Å². The van der Waals surface area contributed by atoms with Crippen molar-refractivity contribution in [2.24, 2.45) is 0 Å². The van der Waals surface area contributed by atoms with Gasteiger partial charge in [-0.3, -0.25) is 9.59 Å². The average molecular weight is 518 g/mol. The van der Waals surface area contributed by atoms with Crippen LogP contribution in [0.1, 0.15) is 32.5 Å². The van der Waals surface area contributed by atoms with E-state index in [1.807, 2.05) is 35.8 Å². The Morgan fingerprint density at radius 3 is 2.57 bits per heavy atom. The van der Waals surface area contributed by atoms with Gasteiger partial charge in [0.1, 0.15) is 10.8 Å². The molecule has 0 bridgehead atoms. The Bertz CT molecular complexity index is 1250. The van der Waals surface area contributed by atoms with E-state index in [1.54, 1.807) is 28.1 Å². The van der Waals surface area contributed by atoms with Gasteiger partial charge in [0.15, 0.2) is 11.0 Å². The highest BCUT2D eigenvalue weighted by molar-refractivity contribution is 7.99. The normalized spacial score (nSPS) is 10.7. The Morgan fingerprint density at radius 2 is 1.94 bits per heavy atom. The third kappa shape index (κ3) is 5.65. The van der Waals surface area contributed by atoms with Crippen LogP contribution in [-0.4, -0.2) is 71.5 Å². The number of nitrogens with one attached hydrogen (secondary N) is 1. The molecule has 10 nitrogen and oxygen atoms in total. The fourth-order valence-corrected chi connectivity index (χ4v) is 5.34. The standard InChI is InChI=1S/C23H27N5O5S2/c1-7-28-19(14-9-8-10-15(11-14)32-5)25-26-23(28)34-12-16(29)24-20-17(22(31)33-6)13(2)18(35-20)21(30)27(3)4/h8-11H,7,12H2,1-6H3,(H,24,29). The predicted molar refractivity (Wildman–Crippen MR) is 135 cm³/mol. The second-order valence-electron chi connectivity index (χ2n) is 7.57. The van der Waals surface area contributed by atoms with Crippen LogP contribution < -0.4 is 10.1 Å². The summed E-state index contributed by atoms with van der Waals surface area (Å²) in [7, 11) is 6.10. The Labute approximate surface area is 211 Å². The number of thiophene rings is 1. The van der Waals surface area contributed by atoms with Crippen molar-refractivity contribution >= 4 is 45.9 Å². The number of nitrogens with zero attached hydrogens (tertiary/aromatic N) is 4. The van der Waals surface area contributed by atoms with Crippen LogP contribution in [0, 0.1) is 6.92 Å². The molecule has 2 amide bonds. The zero-order valence-corrected chi connectivity index (χ0v) is 22.0. The molecular weight excluding hydrogens is 490 g/mol. The summed E-state index contributed by atoms with van der Waals surface area (Å²) in [4.78, 5) is 39.4. The lowest BCUT2D eigenvalue weighted by Gasteiger charge is -2.09. The lowest BCUT2D eigenvalue weighted by Crippen LogP contribution is -2.21. The first kappa shape index (κ1) is 26.2. The van der Waals surface area contributed by atoms with Crippen molar-refractivity contribution in [2.75, 3.05) is 39.4 Å². The SMILES string of the molecule is CCn1c(SCC(=O)Nc2sc(C(=O)N(C)C)c(C)c2C(=O)OC)nnc1-c1cccc(OC)c1. The highest BCUT2D eigenvalue weighted by atomic mass is 32.2. The summed E-state index contributed by atoms with van der Waals surface area (Å²) < 4.78 is 12.1. The quantitative estimate of drug-likeness (QED) is 0.338. The number of esters is 1. The van der Waals surface area contributed by atoms with E-state index in [0.29, 0.717) is 33.7 Å². The summed E-state index contributed by atoms with van der Waals surface area (Å²) in [5.74, 6) is 0.190. The summed E-state index contributed by atoms with van der Waals surface area (Å²) in [6.07, 6.45) is 0. The second kappa shape index (κ2) is 11.4. The first-order valence-corrected chi connectivity index (χ1v) is 12.5. The van der Waals surface area contributed by atoms with Crippen LogP contribution in [0.25, 0.3) is 11.4 Å². The van der Waals surface area contributed by atoms with Gasteiger partial charge in [0.05, 0.1) is 30.4 Å². The number of carbonyl (C=O) groups excluding carboxylic acids is 3. The first-order valence-electron chi connectivity index (χ1n) is 10.6. The van der Waals surface area contributed by atoms with Crippen LogP contribution in [0.4, 0.5) is 5.00 Å². The average Bonchev–Trinajstić information content (AvgIpc) is 3.41. The number of aromatic nitrogens is 3. The Balaban J connectivity index is 1.79. The minimum absolute atomic E-state index is 0.0325. The Morgan fingerprint density at radius 1 is 1.20 bits per heavy atom. The summed E-state index contributed by atoms with van der Waals surface area (Å²) >= 11 is 2.28. The van der Waals surface area contributed by atoms with E-state index < -0.39 is 5.97 Å². The van der Waals surface area contributed by atoms with Crippen molar-refractivity contribution in [1.82, 2.24) is 19.7 Å². The minimum Gasteiger partial charge on any atom is -0.497 e. The second-order valence-corrected chi connectivity index (χ2v) is 9.53. The zero-order valence-electron chi connectivity index (χ0n) is 20.4. The van der Waals surface area contributed by atoms with Crippen LogP contribution in [-0.2, 0) is 16.1 Å². The molecule has 3 rings (SSSR count). The van der Waals surface area contributed by atoms with Gasteiger partial charge < -0.3 is 24.3 Å². The smallest absolute Gasteiger partial charge is 0.341 e. The first-order chi connectivity index (χ1) is 16.7. The monoisotopic (exact) mass is 517 g/mol. The van der Waals surface area contributed by atoms with Crippen molar-refractivity contribution < 1.29 is 23.9 Å². The third-order valence-electron chi connectivity index (χ3n) is 5.08. The molecule has 2 aromatic heterocycles. The van der Waals surface area contributed by atoms with Crippen LogP contribution in [0.15, 0.2) is 29.4 Å². The molecule has 0 atom stereocenters. The van der Waals surface area contributed by atoms with Gasteiger partial charge in [0.2, 0.25) is 5.91 Å². The van der Waals surface area contributed by atoms with Crippen LogP contribution >= 0.6 is 23.1 Å². The molecule has 0 saturated heterocycles. The number of methoxy groups -OCH3 is 2. The molecule has 0 aliphatic rings. The Hall–Kier alpha value is -3.38. The molecule has 0 spiro atoms. The van der Waals surface area contributed by atoms with E-state index in [0.717, 1.165) is 16.9 Å². The molecule has 12 heteroatoms. The lowest BCUT2D eigenvalue weighted by atomic mass is 10.1. The highest BCUT2D eigenvalue weighted by Crippen LogP contribution is 2.34. The molecule has 1 N–H and O–H groups in total. The Kier molecular flexibility index (Phi) is 8.52. The maximum absolute atomic E-state index is 12.8. The number of hydrogen-bond acceptors (Lipinski definition) is 9. The summed E-state index contributed by atoms with van der Waals surface area (Å²) in [6.45, 7) is 4.24. The van der Waals surface area contributed by atoms with Gasteiger partial charge in [-0.2, -0.15) is 0 Å². The largest absolute Gasteiger partial charge is 0.497 e. The minimum atomic E-state index is -0.617. The van der Waals surface area contributed by atoms with Crippen LogP contribution in [0.3, 0.4) is 0 Å². The van der Waals surface area contributed by atoms with Gasteiger partial charge in [-0.15, -0.1) is 21.5 Å². The number of hydrogen-bond donors (Lipinski definition) is 1. The van der Waals surface area contributed by atoms with Gasteiger partial charge in [0.25, 0.3) is 5.91 Å². The van der Waals surface area contributed by atoms with Crippen LogP contribution in [0.5, 0.6) is 5.75 Å². The van der Waals surface area contributed by atoms with Crippen molar-refractivity contribution in [3.05, 3.63) is 40.3 Å². The molecule has 0 unspecified atom stereocenters. The molecule has 1 aromatic carbocycles. The van der Waals surface area contributed by atoms with Gasteiger partial charge >= 0.3 is 5.97 Å². The van der Waals surface area contributed by atoms with E-state index in [4.69, 9.17) is 9.47 Å². The summed E-state index contributed by atoms with van der Waals surface area (Å²) in [5, 5.41) is 12.2. The predicted octanol–water partition coefficient (Wildman–Crippen LogP) is 3.56. The van der Waals surface area contributed by atoms with E-state index in [2.05, 4.69) is 15.5 Å². The van der Waals surface area contributed by atoms with Gasteiger partial charge in [-0.25, -0.2) is 4.79 Å². The molecule has 0 fully saturated rings. The molecule has 0 radical (unpaired) electrons. The molecule has 0 aliphatic heterocycles.